The van der Waals surface area contributed by atoms with Gasteiger partial charge in [-0.25, -0.2) is 0 Å². The van der Waals surface area contributed by atoms with Crippen molar-refractivity contribution in [2.45, 2.75) is 63.7 Å². The highest BCUT2D eigenvalue weighted by Gasteiger charge is 2.45. The van der Waals surface area contributed by atoms with Crippen LogP contribution in [0.1, 0.15) is 63.6 Å². The molecule has 0 spiro atoms. The fraction of sp³-hybridized carbons (Fsp3) is 0.786. The first-order chi connectivity index (χ1) is 9.04. The molecule has 104 valence electrons. The summed E-state index contributed by atoms with van der Waals surface area (Å²) in [7, 11) is 0. The van der Waals surface area contributed by atoms with Crippen molar-refractivity contribution in [2.24, 2.45) is 5.41 Å². The van der Waals surface area contributed by atoms with Crippen LogP contribution < -0.4 is 0 Å². The molecule has 0 saturated heterocycles. The maximum atomic E-state index is 11.6. The van der Waals surface area contributed by atoms with Gasteiger partial charge in [-0.15, -0.1) is 0 Å². The minimum Gasteiger partial charge on any atom is -0.481 e. The molecule has 1 aromatic heterocycles. The standard InChI is InChI=1S/C14H20N2O3/c1-13(7-8-13)11-15-10(19-16-11)9-14(12(17)18)5-3-2-4-6-14/h2-9H2,1H3,(H,17,18). The number of aliphatic carboxylic acids is 1. The van der Waals surface area contributed by atoms with Gasteiger partial charge < -0.3 is 9.63 Å². The molecule has 0 aliphatic heterocycles. The van der Waals surface area contributed by atoms with Crippen LogP contribution >= 0.6 is 0 Å². The summed E-state index contributed by atoms with van der Waals surface area (Å²) in [5.74, 6) is 0.524. The van der Waals surface area contributed by atoms with Crippen LogP contribution in [-0.2, 0) is 16.6 Å². The molecule has 19 heavy (non-hydrogen) atoms. The third-order valence-electron chi connectivity index (χ3n) is 4.76. The van der Waals surface area contributed by atoms with E-state index in [0.717, 1.165) is 50.8 Å². The lowest BCUT2D eigenvalue weighted by atomic mass is 9.72. The van der Waals surface area contributed by atoms with Crippen LogP contribution in [0.25, 0.3) is 0 Å². The van der Waals surface area contributed by atoms with Gasteiger partial charge in [0.25, 0.3) is 0 Å². The van der Waals surface area contributed by atoms with Gasteiger partial charge in [0, 0.05) is 11.8 Å². The van der Waals surface area contributed by atoms with Gasteiger partial charge in [0.1, 0.15) is 0 Å². The maximum Gasteiger partial charge on any atom is 0.310 e. The molecule has 0 aromatic carbocycles. The van der Waals surface area contributed by atoms with Crippen LogP contribution in [0.15, 0.2) is 4.52 Å². The normalized spacial score (nSPS) is 24.1. The van der Waals surface area contributed by atoms with Crippen molar-refractivity contribution >= 4 is 5.97 Å². The molecule has 0 unspecified atom stereocenters. The van der Waals surface area contributed by atoms with E-state index in [9.17, 15) is 9.90 Å². The lowest BCUT2D eigenvalue weighted by molar-refractivity contribution is -0.151. The van der Waals surface area contributed by atoms with Crippen molar-refractivity contribution in [1.82, 2.24) is 10.1 Å². The van der Waals surface area contributed by atoms with E-state index in [0.29, 0.717) is 12.3 Å². The maximum absolute atomic E-state index is 11.6. The zero-order valence-corrected chi connectivity index (χ0v) is 11.3. The first-order valence-electron chi connectivity index (χ1n) is 7.11. The zero-order chi connectivity index (χ0) is 13.5. The number of hydrogen-bond donors (Lipinski definition) is 1. The molecule has 0 atom stereocenters. The quantitative estimate of drug-likeness (QED) is 0.904. The molecule has 3 rings (SSSR count). The molecule has 2 fully saturated rings. The van der Waals surface area contributed by atoms with Crippen molar-refractivity contribution in [3.63, 3.8) is 0 Å². The van der Waals surface area contributed by atoms with Gasteiger partial charge in [0.15, 0.2) is 5.82 Å². The van der Waals surface area contributed by atoms with Crippen LogP contribution in [0.4, 0.5) is 0 Å². The summed E-state index contributed by atoms with van der Waals surface area (Å²) in [5, 5.41) is 13.6. The fourth-order valence-electron chi connectivity index (χ4n) is 2.97. The number of carboxylic acids is 1. The van der Waals surface area contributed by atoms with Crippen molar-refractivity contribution in [3.05, 3.63) is 11.7 Å². The Morgan fingerprint density at radius 3 is 2.53 bits per heavy atom. The molecular weight excluding hydrogens is 244 g/mol. The van der Waals surface area contributed by atoms with Crippen LogP contribution in [0.5, 0.6) is 0 Å². The minimum atomic E-state index is -0.718. The molecule has 1 N–H and O–H groups in total. The molecule has 0 bridgehead atoms. The number of rotatable bonds is 4. The number of hydrogen-bond acceptors (Lipinski definition) is 4. The predicted octanol–water partition coefficient (Wildman–Crippen LogP) is 2.70. The third kappa shape index (κ3) is 2.26. The first kappa shape index (κ1) is 12.6. The van der Waals surface area contributed by atoms with Gasteiger partial charge in [0.2, 0.25) is 5.89 Å². The molecule has 2 aliphatic carbocycles. The van der Waals surface area contributed by atoms with Crippen LogP contribution in [-0.4, -0.2) is 21.2 Å². The number of nitrogens with zero attached hydrogens (tertiary/aromatic N) is 2. The largest absolute Gasteiger partial charge is 0.481 e. The molecule has 1 aromatic rings. The SMILES string of the molecule is CC1(c2noc(CC3(C(=O)O)CCCCC3)n2)CC1. The number of carboxylic acid groups (broad SMARTS) is 1. The average Bonchev–Trinajstić information content (AvgIpc) is 2.97. The topological polar surface area (TPSA) is 76.2 Å². The smallest absolute Gasteiger partial charge is 0.310 e. The van der Waals surface area contributed by atoms with Gasteiger partial charge in [-0.2, -0.15) is 4.98 Å². The molecule has 1 heterocycles. The lowest BCUT2D eigenvalue weighted by Gasteiger charge is -2.31. The second-order valence-corrected chi connectivity index (χ2v) is 6.40. The monoisotopic (exact) mass is 264 g/mol. The fourth-order valence-corrected chi connectivity index (χ4v) is 2.97. The Hall–Kier alpha value is -1.39. The molecule has 2 aliphatic rings. The molecular formula is C14H20N2O3. The highest BCUT2D eigenvalue weighted by Crippen LogP contribution is 2.46. The Morgan fingerprint density at radius 1 is 1.26 bits per heavy atom. The van der Waals surface area contributed by atoms with E-state index in [-0.39, 0.29) is 5.41 Å². The average molecular weight is 264 g/mol. The first-order valence-corrected chi connectivity index (χ1v) is 7.11. The van der Waals surface area contributed by atoms with Crippen LogP contribution in [0.2, 0.25) is 0 Å². The molecule has 0 amide bonds. The summed E-state index contributed by atoms with van der Waals surface area (Å²) in [6.45, 7) is 2.12. The van der Waals surface area contributed by atoms with E-state index in [2.05, 4.69) is 17.1 Å². The van der Waals surface area contributed by atoms with Crippen molar-refractivity contribution in [1.29, 1.82) is 0 Å². The third-order valence-corrected chi connectivity index (χ3v) is 4.76. The highest BCUT2D eigenvalue weighted by atomic mass is 16.5. The number of carbonyl (C=O) groups is 1. The van der Waals surface area contributed by atoms with Crippen molar-refractivity contribution in [3.8, 4) is 0 Å². The second-order valence-electron chi connectivity index (χ2n) is 6.40. The summed E-state index contributed by atoms with van der Waals surface area (Å²) in [6.07, 6.45) is 7.09. The highest BCUT2D eigenvalue weighted by molar-refractivity contribution is 5.75. The zero-order valence-electron chi connectivity index (χ0n) is 11.3. The molecule has 0 radical (unpaired) electrons. The van der Waals surface area contributed by atoms with E-state index in [1.807, 2.05) is 0 Å². The van der Waals surface area contributed by atoms with Gasteiger partial charge in [-0.1, -0.05) is 31.3 Å². The van der Waals surface area contributed by atoms with E-state index in [1.165, 1.54) is 0 Å². The molecule has 5 heteroatoms. The Labute approximate surface area is 112 Å². The Kier molecular flexibility index (Phi) is 2.87. The van der Waals surface area contributed by atoms with Crippen molar-refractivity contribution < 1.29 is 14.4 Å². The lowest BCUT2D eigenvalue weighted by Crippen LogP contribution is -2.35. The molecule has 2 saturated carbocycles. The van der Waals surface area contributed by atoms with Gasteiger partial charge >= 0.3 is 5.97 Å². The Bertz CT molecular complexity index is 485. The Balaban J connectivity index is 1.78. The van der Waals surface area contributed by atoms with Crippen LogP contribution in [0.3, 0.4) is 0 Å². The summed E-state index contributed by atoms with van der Waals surface area (Å²) < 4.78 is 5.28. The summed E-state index contributed by atoms with van der Waals surface area (Å²) in [4.78, 5) is 16.0. The van der Waals surface area contributed by atoms with E-state index < -0.39 is 11.4 Å². The number of aromatic nitrogens is 2. The summed E-state index contributed by atoms with van der Waals surface area (Å²) in [6, 6.07) is 0. The summed E-state index contributed by atoms with van der Waals surface area (Å²) >= 11 is 0. The van der Waals surface area contributed by atoms with E-state index >= 15 is 0 Å². The summed E-state index contributed by atoms with van der Waals surface area (Å²) in [5.41, 5.74) is -0.614. The van der Waals surface area contributed by atoms with Gasteiger partial charge in [-0.3, -0.25) is 4.79 Å². The van der Waals surface area contributed by atoms with Gasteiger partial charge in [-0.05, 0) is 25.7 Å². The Morgan fingerprint density at radius 2 is 1.95 bits per heavy atom. The predicted molar refractivity (Wildman–Crippen MR) is 67.7 cm³/mol. The minimum absolute atomic E-state index is 0.0741. The van der Waals surface area contributed by atoms with E-state index in [4.69, 9.17) is 4.52 Å². The van der Waals surface area contributed by atoms with Crippen molar-refractivity contribution in [2.75, 3.05) is 0 Å². The van der Waals surface area contributed by atoms with Crippen LogP contribution in [0, 0.1) is 5.41 Å². The van der Waals surface area contributed by atoms with Gasteiger partial charge in [0.05, 0.1) is 5.41 Å². The molecule has 5 nitrogen and oxygen atoms in total. The van der Waals surface area contributed by atoms with E-state index in [1.54, 1.807) is 0 Å². The second kappa shape index (κ2) is 4.32.